The molecule has 0 aromatic heterocycles. The van der Waals surface area contributed by atoms with Crippen LogP contribution in [0, 0.1) is 0 Å². The summed E-state index contributed by atoms with van der Waals surface area (Å²) in [5, 5.41) is 0.881. The molecule has 1 unspecified atom stereocenters. The number of rotatable bonds is 6. The number of benzene rings is 3. The van der Waals surface area contributed by atoms with Crippen molar-refractivity contribution in [3.8, 4) is 0 Å². The van der Waals surface area contributed by atoms with Crippen molar-refractivity contribution in [2.24, 2.45) is 5.73 Å². The molecule has 0 heterocycles. The van der Waals surface area contributed by atoms with Gasteiger partial charge in [-0.1, -0.05) is 0 Å². The third-order valence-corrected chi connectivity index (χ3v) is 15.7. The van der Waals surface area contributed by atoms with Crippen LogP contribution >= 0.6 is 20.8 Å². The fourth-order valence-electron chi connectivity index (χ4n) is 3.72. The summed E-state index contributed by atoms with van der Waals surface area (Å²) in [4.78, 5) is 0. The van der Waals surface area contributed by atoms with Crippen LogP contribution in [0.2, 0.25) is 0 Å². The third kappa shape index (κ3) is 2.87. The molecule has 2 N–H and O–H groups in total. The van der Waals surface area contributed by atoms with E-state index < -0.39 is 5.31 Å². The number of hydrogen-bond acceptors (Lipinski definition) is 1. The minimum atomic E-state index is -2.97. The molecule has 0 aliphatic carbocycles. The fraction of sp³-hybridized carbons (Fsp3) is 0.182. The summed E-state index contributed by atoms with van der Waals surface area (Å²) >= 11 is 4.39. The van der Waals surface area contributed by atoms with Crippen LogP contribution in [-0.2, 0) is 0 Å². The molecule has 3 aromatic rings. The molecule has 3 aromatic carbocycles. The maximum absolute atomic E-state index is 7.00. The second kappa shape index (κ2) is 7.41. The molecule has 25 heavy (non-hydrogen) atoms. The normalized spacial score (nSPS) is 14.4. The summed E-state index contributed by atoms with van der Waals surface area (Å²) < 4.78 is 0. The second-order valence-electron chi connectivity index (χ2n) is 6.44. The average Bonchev–Trinajstić information content (AvgIpc) is 2.69. The van der Waals surface area contributed by atoms with Gasteiger partial charge in [0.15, 0.2) is 0 Å². The summed E-state index contributed by atoms with van der Waals surface area (Å²) in [7, 11) is 0. The van der Waals surface area contributed by atoms with E-state index in [1.54, 1.807) is 0 Å². The standard InChI is InChI=1S/C22H25BrNP/c1-2-12-22(24)25(23,19-13-6-3-7-14-19,20-15-8-4-9-16-20)21-17-10-5-11-18-21/h3-11,13-18,22H,2,12,24H2,1H3. The van der Waals surface area contributed by atoms with Crippen molar-refractivity contribution in [1.82, 2.24) is 0 Å². The molecule has 0 fully saturated rings. The first-order chi connectivity index (χ1) is 12.1. The van der Waals surface area contributed by atoms with Gasteiger partial charge in [-0.05, 0) is 0 Å². The van der Waals surface area contributed by atoms with Crippen LogP contribution in [0.1, 0.15) is 19.8 Å². The molecule has 0 spiro atoms. The molecule has 130 valence electrons. The first-order valence-electron chi connectivity index (χ1n) is 8.78. The molecule has 3 rings (SSSR count). The molecular formula is C22H25BrNP. The predicted octanol–water partition coefficient (Wildman–Crippen LogP) is 4.91. The molecule has 3 heteroatoms. The molecule has 0 aliphatic rings. The van der Waals surface area contributed by atoms with E-state index in [4.69, 9.17) is 5.73 Å². The Bertz CT molecular complexity index is 706. The van der Waals surface area contributed by atoms with Gasteiger partial charge in [-0.2, -0.15) is 0 Å². The van der Waals surface area contributed by atoms with E-state index in [-0.39, 0.29) is 5.78 Å². The van der Waals surface area contributed by atoms with Crippen molar-refractivity contribution in [2.45, 2.75) is 25.5 Å². The van der Waals surface area contributed by atoms with Crippen molar-refractivity contribution < 1.29 is 0 Å². The first-order valence-corrected chi connectivity index (χ1v) is 13.1. The van der Waals surface area contributed by atoms with E-state index in [2.05, 4.69) is 113 Å². The zero-order chi connectivity index (χ0) is 17.8. The minimum absolute atomic E-state index is 0.00296. The Morgan fingerprint density at radius 3 is 1.32 bits per heavy atom. The Labute approximate surface area is 158 Å². The van der Waals surface area contributed by atoms with Gasteiger partial charge in [-0.3, -0.25) is 0 Å². The van der Waals surface area contributed by atoms with Crippen molar-refractivity contribution in [3.05, 3.63) is 91.0 Å². The molecule has 0 amide bonds. The van der Waals surface area contributed by atoms with E-state index in [0.717, 1.165) is 12.8 Å². The monoisotopic (exact) mass is 413 g/mol. The van der Waals surface area contributed by atoms with Crippen LogP contribution in [0.5, 0.6) is 0 Å². The Morgan fingerprint density at radius 1 is 0.720 bits per heavy atom. The molecular weight excluding hydrogens is 389 g/mol. The van der Waals surface area contributed by atoms with E-state index in [1.807, 2.05) is 0 Å². The van der Waals surface area contributed by atoms with E-state index in [0.29, 0.717) is 0 Å². The zero-order valence-electron chi connectivity index (χ0n) is 14.6. The van der Waals surface area contributed by atoms with Gasteiger partial charge < -0.3 is 0 Å². The van der Waals surface area contributed by atoms with Gasteiger partial charge in [0.1, 0.15) is 0 Å². The van der Waals surface area contributed by atoms with Crippen LogP contribution in [-0.4, -0.2) is 5.78 Å². The SMILES string of the molecule is CCCC(N)P(Br)(c1ccccc1)(c1ccccc1)c1ccccc1. The Kier molecular flexibility index (Phi) is 5.43. The van der Waals surface area contributed by atoms with Crippen LogP contribution in [0.4, 0.5) is 0 Å². The third-order valence-electron chi connectivity index (χ3n) is 4.99. The van der Waals surface area contributed by atoms with Gasteiger partial charge in [-0.25, -0.2) is 0 Å². The quantitative estimate of drug-likeness (QED) is 0.570. The summed E-state index contributed by atoms with van der Waals surface area (Å²) in [5.74, 6) is 0.00296. The van der Waals surface area contributed by atoms with Gasteiger partial charge >= 0.3 is 159 Å². The van der Waals surface area contributed by atoms with E-state index in [1.165, 1.54) is 15.9 Å². The zero-order valence-corrected chi connectivity index (χ0v) is 17.0. The Morgan fingerprint density at radius 2 is 1.04 bits per heavy atom. The van der Waals surface area contributed by atoms with Crippen LogP contribution in [0.15, 0.2) is 91.0 Å². The topological polar surface area (TPSA) is 26.0 Å². The number of nitrogens with two attached hydrogens (primary N) is 1. The van der Waals surface area contributed by atoms with Gasteiger partial charge in [0.05, 0.1) is 0 Å². The fourth-order valence-corrected chi connectivity index (χ4v) is 11.5. The van der Waals surface area contributed by atoms with Crippen LogP contribution < -0.4 is 21.6 Å². The predicted molar refractivity (Wildman–Crippen MR) is 117 cm³/mol. The van der Waals surface area contributed by atoms with Gasteiger partial charge in [-0.15, -0.1) is 0 Å². The van der Waals surface area contributed by atoms with Crippen molar-refractivity contribution in [2.75, 3.05) is 0 Å². The van der Waals surface area contributed by atoms with Crippen LogP contribution in [0.3, 0.4) is 0 Å². The summed E-state index contributed by atoms with van der Waals surface area (Å²) in [6.45, 7) is 2.20. The first kappa shape index (κ1) is 18.3. The van der Waals surface area contributed by atoms with Gasteiger partial charge in [0, 0.05) is 0 Å². The summed E-state index contributed by atoms with van der Waals surface area (Å²) in [6.07, 6.45) is 2.01. The number of halogens is 1. The molecule has 0 saturated carbocycles. The van der Waals surface area contributed by atoms with E-state index in [9.17, 15) is 0 Å². The van der Waals surface area contributed by atoms with Crippen LogP contribution in [0.25, 0.3) is 0 Å². The molecule has 0 aliphatic heterocycles. The van der Waals surface area contributed by atoms with E-state index >= 15 is 0 Å². The summed E-state index contributed by atoms with van der Waals surface area (Å²) in [6, 6.07) is 32.2. The molecule has 0 saturated heterocycles. The van der Waals surface area contributed by atoms with Crippen molar-refractivity contribution >= 4 is 36.7 Å². The van der Waals surface area contributed by atoms with Crippen molar-refractivity contribution in [1.29, 1.82) is 0 Å². The van der Waals surface area contributed by atoms with Crippen molar-refractivity contribution in [3.63, 3.8) is 0 Å². The molecule has 0 radical (unpaired) electrons. The van der Waals surface area contributed by atoms with Gasteiger partial charge in [0.25, 0.3) is 0 Å². The Balaban J connectivity index is 2.45. The second-order valence-corrected chi connectivity index (χ2v) is 15.2. The molecule has 1 atom stereocenters. The average molecular weight is 414 g/mol. The molecule has 1 nitrogen and oxygen atoms in total. The maximum atomic E-state index is 7.00. The summed E-state index contributed by atoms with van der Waals surface area (Å²) in [5.41, 5.74) is 7.00. The number of hydrogen-bond donors (Lipinski definition) is 1. The molecule has 0 bridgehead atoms. The Hall–Kier alpha value is -1.47. The van der Waals surface area contributed by atoms with Gasteiger partial charge in [0.2, 0.25) is 0 Å².